The largest absolute Gasteiger partial charge is 0.117 e. The van der Waals surface area contributed by atoms with E-state index in [2.05, 4.69) is 13.7 Å². The molecule has 0 spiro atoms. The molecular formula is C7H17B. The molecule has 1 heteroatoms. The summed E-state index contributed by atoms with van der Waals surface area (Å²) in [5, 5.41) is 0. The summed E-state index contributed by atoms with van der Waals surface area (Å²) in [4.78, 5) is 0. The van der Waals surface area contributed by atoms with Crippen molar-refractivity contribution in [2.24, 2.45) is 0 Å². The molecule has 8 heavy (non-hydrogen) atoms. The lowest BCUT2D eigenvalue weighted by atomic mass is 9.76. The lowest BCUT2D eigenvalue weighted by Gasteiger charge is -1.93. The minimum absolute atomic E-state index is 1.36. The summed E-state index contributed by atoms with van der Waals surface area (Å²) < 4.78 is 0. The fraction of sp³-hybridized carbons (Fsp3) is 1.00. The summed E-state index contributed by atoms with van der Waals surface area (Å²) >= 11 is 0. The minimum Gasteiger partial charge on any atom is -0.0893 e. The maximum absolute atomic E-state index is 2.26. The normalized spacial score (nSPS) is 9.25. The lowest BCUT2D eigenvalue weighted by Crippen LogP contribution is -1.80. The van der Waals surface area contributed by atoms with Crippen LogP contribution in [0.2, 0.25) is 13.1 Å². The molecule has 0 saturated carbocycles. The van der Waals surface area contributed by atoms with Crippen LogP contribution in [0.15, 0.2) is 0 Å². The Morgan fingerprint density at radius 1 is 1.12 bits per heavy atom. The predicted octanol–water partition coefficient (Wildman–Crippen LogP) is 2.47. The third kappa shape index (κ3) is 6.06. The van der Waals surface area contributed by atoms with Gasteiger partial charge in [0, 0.05) is 0 Å². The van der Waals surface area contributed by atoms with E-state index in [-0.39, 0.29) is 0 Å². The molecule has 0 radical (unpaired) electrons. The molecule has 0 N–H and O–H groups in total. The van der Waals surface area contributed by atoms with Crippen molar-refractivity contribution in [2.45, 2.75) is 45.8 Å². The van der Waals surface area contributed by atoms with Crippen LogP contribution < -0.4 is 0 Å². The van der Waals surface area contributed by atoms with E-state index in [1.54, 1.807) is 0 Å². The van der Waals surface area contributed by atoms with Gasteiger partial charge in [0.05, 0.1) is 0 Å². The van der Waals surface area contributed by atoms with E-state index >= 15 is 0 Å². The molecule has 0 saturated heterocycles. The second-order valence-electron chi connectivity index (χ2n) is 2.41. The van der Waals surface area contributed by atoms with Crippen LogP contribution in [0, 0.1) is 0 Å². The number of hydrogen-bond donors (Lipinski definition) is 0. The van der Waals surface area contributed by atoms with Gasteiger partial charge in [-0.25, -0.2) is 0 Å². The summed E-state index contributed by atoms with van der Waals surface area (Å²) in [6.45, 7) is 4.51. The second-order valence-corrected chi connectivity index (χ2v) is 2.41. The van der Waals surface area contributed by atoms with Gasteiger partial charge in [0.1, 0.15) is 7.28 Å². The van der Waals surface area contributed by atoms with Crippen molar-refractivity contribution in [1.29, 1.82) is 0 Å². The maximum atomic E-state index is 2.26. The molecule has 0 fully saturated rings. The van der Waals surface area contributed by atoms with Gasteiger partial charge in [-0.05, 0) is 0 Å². The first-order chi connectivity index (χ1) is 3.91. The Morgan fingerprint density at radius 2 is 1.88 bits per heavy atom. The molecule has 0 nitrogen and oxygen atoms in total. The smallest absolute Gasteiger partial charge is 0.0893 e. The van der Waals surface area contributed by atoms with E-state index < -0.39 is 0 Å². The number of unbranched alkanes of at least 4 members (excludes halogenated alkanes) is 3. The Morgan fingerprint density at radius 3 is 2.38 bits per heavy atom. The minimum atomic E-state index is 1.36. The summed E-state index contributed by atoms with van der Waals surface area (Å²) in [5.41, 5.74) is 0. The van der Waals surface area contributed by atoms with E-state index in [9.17, 15) is 0 Å². The lowest BCUT2D eigenvalue weighted by molar-refractivity contribution is 0.700. The van der Waals surface area contributed by atoms with Crippen molar-refractivity contribution in [2.75, 3.05) is 0 Å². The van der Waals surface area contributed by atoms with Gasteiger partial charge < -0.3 is 0 Å². The van der Waals surface area contributed by atoms with Crippen molar-refractivity contribution in [3.8, 4) is 0 Å². The Balaban J connectivity index is 2.53. The van der Waals surface area contributed by atoms with E-state index in [1.807, 2.05) is 0 Å². The first kappa shape index (κ1) is 8.06. The van der Waals surface area contributed by atoms with Crippen molar-refractivity contribution in [3.63, 3.8) is 0 Å². The van der Waals surface area contributed by atoms with Gasteiger partial charge >= 0.3 is 0 Å². The van der Waals surface area contributed by atoms with Gasteiger partial charge in [-0.2, -0.15) is 0 Å². The van der Waals surface area contributed by atoms with Crippen molar-refractivity contribution < 1.29 is 0 Å². The summed E-state index contributed by atoms with van der Waals surface area (Å²) in [7, 11) is 1.36. The first-order valence-electron chi connectivity index (χ1n) is 3.91. The standard InChI is InChI=1S/C7H17B/c1-3-4-5-6-7-8-2/h8H,3-7H2,1-2H3. The van der Waals surface area contributed by atoms with Crippen LogP contribution in [-0.4, -0.2) is 7.28 Å². The number of hydrogen-bond acceptors (Lipinski definition) is 0. The Hall–Kier alpha value is 0.0649. The van der Waals surface area contributed by atoms with Gasteiger partial charge in [-0.1, -0.05) is 45.8 Å². The highest BCUT2D eigenvalue weighted by Gasteiger charge is 1.84. The van der Waals surface area contributed by atoms with Crippen molar-refractivity contribution >= 4 is 7.28 Å². The SMILES string of the molecule is CBCCCCCC. The summed E-state index contributed by atoms with van der Waals surface area (Å²) in [6.07, 6.45) is 7.12. The monoisotopic (exact) mass is 112 g/mol. The molecule has 0 aliphatic heterocycles. The van der Waals surface area contributed by atoms with Crippen LogP contribution in [0.5, 0.6) is 0 Å². The van der Waals surface area contributed by atoms with E-state index in [4.69, 9.17) is 0 Å². The molecule has 0 aromatic carbocycles. The van der Waals surface area contributed by atoms with Crippen molar-refractivity contribution in [3.05, 3.63) is 0 Å². The molecule has 0 aliphatic rings. The van der Waals surface area contributed by atoms with Gasteiger partial charge in [-0.3, -0.25) is 0 Å². The molecule has 0 heterocycles. The van der Waals surface area contributed by atoms with Crippen LogP contribution >= 0.6 is 0 Å². The van der Waals surface area contributed by atoms with E-state index in [0.29, 0.717) is 0 Å². The molecule has 0 aliphatic carbocycles. The maximum Gasteiger partial charge on any atom is 0.117 e. The van der Waals surface area contributed by atoms with Gasteiger partial charge in [0.2, 0.25) is 0 Å². The molecule has 0 amide bonds. The zero-order valence-corrected chi connectivity index (χ0v) is 6.24. The second kappa shape index (κ2) is 7.06. The Labute approximate surface area is 53.9 Å². The topological polar surface area (TPSA) is 0 Å². The Kier molecular flexibility index (Phi) is 7.12. The molecule has 0 aromatic rings. The van der Waals surface area contributed by atoms with Crippen LogP contribution in [0.1, 0.15) is 32.6 Å². The average Bonchev–Trinajstić information content (AvgIpc) is 1.81. The van der Waals surface area contributed by atoms with Crippen LogP contribution in [0.25, 0.3) is 0 Å². The average molecular weight is 112 g/mol. The Bertz CT molecular complexity index is 29.4. The van der Waals surface area contributed by atoms with E-state index in [0.717, 1.165) is 0 Å². The summed E-state index contributed by atoms with van der Waals surface area (Å²) in [6, 6.07) is 0. The highest BCUT2D eigenvalue weighted by atomic mass is 13.8. The van der Waals surface area contributed by atoms with Crippen LogP contribution in [0.3, 0.4) is 0 Å². The third-order valence-corrected chi connectivity index (χ3v) is 1.46. The first-order valence-corrected chi connectivity index (χ1v) is 3.91. The van der Waals surface area contributed by atoms with E-state index in [1.165, 1.54) is 39.3 Å². The predicted molar refractivity (Wildman–Crippen MR) is 42.0 cm³/mol. The molecule has 0 unspecified atom stereocenters. The highest BCUT2D eigenvalue weighted by Crippen LogP contribution is 2.01. The molecule has 0 rings (SSSR count). The van der Waals surface area contributed by atoms with Gasteiger partial charge in [-0.15, -0.1) is 0 Å². The third-order valence-electron chi connectivity index (χ3n) is 1.46. The molecular weight excluding hydrogens is 94.9 g/mol. The van der Waals surface area contributed by atoms with Crippen LogP contribution in [-0.2, 0) is 0 Å². The zero-order valence-electron chi connectivity index (χ0n) is 6.24. The quantitative estimate of drug-likeness (QED) is 0.378. The van der Waals surface area contributed by atoms with Crippen molar-refractivity contribution in [1.82, 2.24) is 0 Å². The molecule has 48 valence electrons. The molecule has 0 atom stereocenters. The van der Waals surface area contributed by atoms with Crippen LogP contribution in [0.4, 0.5) is 0 Å². The fourth-order valence-electron chi connectivity index (χ4n) is 0.854. The fourth-order valence-corrected chi connectivity index (χ4v) is 0.854. The summed E-state index contributed by atoms with van der Waals surface area (Å²) in [5.74, 6) is 0. The van der Waals surface area contributed by atoms with Gasteiger partial charge in [0.15, 0.2) is 0 Å². The number of rotatable bonds is 5. The van der Waals surface area contributed by atoms with Gasteiger partial charge in [0.25, 0.3) is 0 Å². The molecule has 0 bridgehead atoms. The highest BCUT2D eigenvalue weighted by molar-refractivity contribution is 6.33. The molecule has 0 aromatic heterocycles. The zero-order chi connectivity index (χ0) is 6.24.